The average Bonchev–Trinajstić information content (AvgIpc) is 2.57. The molecular weight excluding hydrogens is 234 g/mol. The van der Waals surface area contributed by atoms with Crippen molar-refractivity contribution in [3.8, 4) is 0 Å². The van der Waals surface area contributed by atoms with Crippen molar-refractivity contribution in [3.63, 3.8) is 0 Å². The first-order valence-corrected chi connectivity index (χ1v) is 7.10. The summed E-state index contributed by atoms with van der Waals surface area (Å²) in [5.74, 6) is 0.736. The highest BCUT2D eigenvalue weighted by Crippen LogP contribution is 2.39. The van der Waals surface area contributed by atoms with Crippen LogP contribution in [0.15, 0.2) is 6.20 Å². The van der Waals surface area contributed by atoms with Crippen LogP contribution in [0.1, 0.15) is 51.3 Å². The summed E-state index contributed by atoms with van der Waals surface area (Å²) in [6, 6.07) is 0.385. The van der Waals surface area contributed by atoms with Gasteiger partial charge in [0.2, 0.25) is 0 Å². The molecule has 0 aromatic carbocycles. The minimum Gasteiger partial charge on any atom is -0.309 e. The summed E-state index contributed by atoms with van der Waals surface area (Å²) >= 11 is 6.31. The van der Waals surface area contributed by atoms with Crippen molar-refractivity contribution in [2.24, 2.45) is 5.92 Å². The van der Waals surface area contributed by atoms with Gasteiger partial charge in [0, 0.05) is 6.54 Å². The molecule has 1 saturated carbocycles. The van der Waals surface area contributed by atoms with E-state index in [4.69, 9.17) is 11.6 Å². The predicted molar refractivity (Wildman–Crippen MR) is 71.3 cm³/mol. The van der Waals surface area contributed by atoms with Gasteiger partial charge in [0.1, 0.15) is 0 Å². The van der Waals surface area contributed by atoms with Gasteiger partial charge < -0.3 is 5.32 Å². The topological polar surface area (TPSA) is 29.9 Å². The fourth-order valence-electron chi connectivity index (χ4n) is 2.55. The lowest BCUT2D eigenvalue weighted by Gasteiger charge is -2.34. The van der Waals surface area contributed by atoms with Gasteiger partial charge in [-0.05, 0) is 31.7 Å². The van der Waals surface area contributed by atoms with E-state index < -0.39 is 0 Å². The summed E-state index contributed by atoms with van der Waals surface area (Å²) in [7, 11) is 0. The van der Waals surface area contributed by atoms with Crippen LogP contribution in [0, 0.1) is 5.92 Å². The zero-order valence-corrected chi connectivity index (χ0v) is 11.5. The van der Waals surface area contributed by atoms with E-state index in [2.05, 4.69) is 28.9 Å². The van der Waals surface area contributed by atoms with E-state index >= 15 is 0 Å². The molecule has 1 aromatic rings. The summed E-state index contributed by atoms with van der Waals surface area (Å²) in [5.41, 5.74) is 1.19. The molecule has 1 aliphatic carbocycles. The minimum atomic E-state index is 0.385. The van der Waals surface area contributed by atoms with Gasteiger partial charge in [-0.2, -0.15) is 5.10 Å². The van der Waals surface area contributed by atoms with Crippen LogP contribution >= 0.6 is 11.6 Å². The quantitative estimate of drug-likeness (QED) is 0.844. The molecule has 96 valence electrons. The Hall–Kier alpha value is -0.540. The Bertz CT molecular complexity index is 358. The molecule has 1 atom stereocenters. The maximum absolute atomic E-state index is 6.31. The molecule has 0 bridgehead atoms. The molecule has 1 aromatic heterocycles. The van der Waals surface area contributed by atoms with Crippen LogP contribution in [0.4, 0.5) is 0 Å². The van der Waals surface area contributed by atoms with Crippen molar-refractivity contribution in [3.05, 3.63) is 16.9 Å². The normalized spacial score (nSPS) is 18.1. The number of rotatable bonds is 6. The number of hydrogen-bond acceptors (Lipinski definition) is 2. The van der Waals surface area contributed by atoms with Gasteiger partial charge in [-0.3, -0.25) is 4.68 Å². The van der Waals surface area contributed by atoms with Gasteiger partial charge in [-0.15, -0.1) is 0 Å². The second kappa shape index (κ2) is 5.87. The van der Waals surface area contributed by atoms with E-state index in [-0.39, 0.29) is 0 Å². The van der Waals surface area contributed by atoms with Crippen molar-refractivity contribution in [1.82, 2.24) is 15.1 Å². The smallest absolute Gasteiger partial charge is 0.0834 e. The Balaban J connectivity index is 2.23. The van der Waals surface area contributed by atoms with E-state index in [0.717, 1.165) is 30.5 Å². The van der Waals surface area contributed by atoms with Crippen molar-refractivity contribution in [2.45, 2.75) is 52.1 Å². The second-order valence-corrected chi connectivity index (χ2v) is 5.23. The summed E-state index contributed by atoms with van der Waals surface area (Å²) in [4.78, 5) is 0. The third-order valence-corrected chi connectivity index (χ3v) is 3.90. The third-order valence-electron chi connectivity index (χ3n) is 3.61. The summed E-state index contributed by atoms with van der Waals surface area (Å²) in [5, 5.41) is 8.79. The van der Waals surface area contributed by atoms with Crippen LogP contribution in [0.2, 0.25) is 5.02 Å². The van der Waals surface area contributed by atoms with E-state index in [1.807, 2.05) is 0 Å². The summed E-state index contributed by atoms with van der Waals surface area (Å²) < 4.78 is 2.08. The Morgan fingerprint density at radius 3 is 2.82 bits per heavy atom. The van der Waals surface area contributed by atoms with E-state index in [1.54, 1.807) is 6.20 Å². The predicted octanol–water partition coefficient (Wildman–Crippen LogP) is 3.40. The molecule has 3 nitrogen and oxygen atoms in total. The van der Waals surface area contributed by atoms with Crippen LogP contribution in [-0.4, -0.2) is 16.3 Å². The summed E-state index contributed by atoms with van der Waals surface area (Å²) in [6.45, 7) is 6.26. The van der Waals surface area contributed by atoms with E-state index in [0.29, 0.717) is 6.04 Å². The molecule has 1 N–H and O–H groups in total. The Kier molecular flexibility index (Phi) is 4.46. The van der Waals surface area contributed by atoms with Crippen LogP contribution in [-0.2, 0) is 6.54 Å². The summed E-state index contributed by atoms with van der Waals surface area (Å²) in [6.07, 6.45) is 6.85. The van der Waals surface area contributed by atoms with E-state index in [9.17, 15) is 0 Å². The molecule has 2 rings (SSSR count). The number of halogens is 1. The Morgan fingerprint density at radius 2 is 2.29 bits per heavy atom. The van der Waals surface area contributed by atoms with Gasteiger partial charge in [0.25, 0.3) is 0 Å². The van der Waals surface area contributed by atoms with Crippen molar-refractivity contribution < 1.29 is 0 Å². The van der Waals surface area contributed by atoms with Crippen molar-refractivity contribution in [1.29, 1.82) is 0 Å². The number of nitrogens with one attached hydrogen (secondary N) is 1. The number of aromatic nitrogens is 2. The molecule has 4 heteroatoms. The van der Waals surface area contributed by atoms with Crippen LogP contribution in [0.3, 0.4) is 0 Å². The number of nitrogens with zero attached hydrogens (tertiary/aromatic N) is 2. The third kappa shape index (κ3) is 2.66. The molecule has 0 amide bonds. The highest BCUT2D eigenvalue weighted by Gasteiger charge is 2.31. The maximum Gasteiger partial charge on any atom is 0.0834 e. The number of hydrogen-bond donors (Lipinski definition) is 1. The Morgan fingerprint density at radius 1 is 1.53 bits per heavy atom. The van der Waals surface area contributed by atoms with Gasteiger partial charge in [-0.25, -0.2) is 0 Å². The molecule has 1 fully saturated rings. The van der Waals surface area contributed by atoms with Crippen LogP contribution in [0.5, 0.6) is 0 Å². The monoisotopic (exact) mass is 255 g/mol. The molecule has 17 heavy (non-hydrogen) atoms. The zero-order chi connectivity index (χ0) is 12.3. The molecule has 0 saturated heterocycles. The van der Waals surface area contributed by atoms with Gasteiger partial charge in [-0.1, -0.05) is 31.9 Å². The first-order chi connectivity index (χ1) is 8.27. The fraction of sp³-hybridized carbons (Fsp3) is 0.769. The molecule has 1 aliphatic rings. The van der Waals surface area contributed by atoms with Gasteiger partial charge in [0.05, 0.1) is 23.0 Å². The van der Waals surface area contributed by atoms with Crippen molar-refractivity contribution >= 4 is 11.6 Å². The Labute approximate surface area is 109 Å². The SMILES string of the molecule is CCCn1ncc(Cl)c1C(NCC)C1CCC1. The highest BCUT2D eigenvalue weighted by molar-refractivity contribution is 6.31. The molecule has 0 spiro atoms. The van der Waals surface area contributed by atoms with Gasteiger partial charge >= 0.3 is 0 Å². The first-order valence-electron chi connectivity index (χ1n) is 6.72. The zero-order valence-electron chi connectivity index (χ0n) is 10.7. The first kappa shape index (κ1) is 12.9. The molecule has 1 unspecified atom stereocenters. The largest absolute Gasteiger partial charge is 0.309 e. The van der Waals surface area contributed by atoms with E-state index in [1.165, 1.54) is 25.0 Å². The number of aryl methyl sites for hydroxylation is 1. The second-order valence-electron chi connectivity index (χ2n) is 4.83. The average molecular weight is 256 g/mol. The molecular formula is C13H22ClN3. The van der Waals surface area contributed by atoms with Crippen LogP contribution in [0.25, 0.3) is 0 Å². The highest BCUT2D eigenvalue weighted by atomic mass is 35.5. The van der Waals surface area contributed by atoms with Crippen LogP contribution < -0.4 is 5.32 Å². The van der Waals surface area contributed by atoms with Gasteiger partial charge in [0.15, 0.2) is 0 Å². The standard InChI is InChI=1S/C13H22ClN3/c1-3-8-17-13(11(14)9-16-17)12(15-4-2)10-6-5-7-10/h9-10,12,15H,3-8H2,1-2H3. The molecule has 0 radical (unpaired) electrons. The maximum atomic E-state index is 6.31. The lowest BCUT2D eigenvalue weighted by atomic mass is 9.78. The minimum absolute atomic E-state index is 0.385. The lowest BCUT2D eigenvalue weighted by Crippen LogP contribution is -2.34. The molecule has 0 aliphatic heterocycles. The van der Waals surface area contributed by atoms with Crippen molar-refractivity contribution in [2.75, 3.05) is 6.54 Å². The fourth-order valence-corrected chi connectivity index (χ4v) is 2.81. The lowest BCUT2D eigenvalue weighted by molar-refractivity contribution is 0.224. The molecule has 1 heterocycles.